The van der Waals surface area contributed by atoms with Crippen LogP contribution in [0, 0.1) is 5.41 Å². The van der Waals surface area contributed by atoms with Crippen LogP contribution in [-0.4, -0.2) is 41.2 Å². The van der Waals surface area contributed by atoms with E-state index >= 15 is 0 Å². The summed E-state index contributed by atoms with van der Waals surface area (Å²) in [6.45, 7) is 0.413. The van der Waals surface area contributed by atoms with Crippen LogP contribution in [0.25, 0.3) is 0 Å². The lowest BCUT2D eigenvalue weighted by Gasteiger charge is -2.07. The molecule has 6 N–H and O–H groups in total. The number of hydrogen-bond donors (Lipinski definition) is 4. The Balaban J connectivity index is 4.03. The maximum absolute atomic E-state index is 10.3. The number of amidine groups is 1. The maximum Gasteiger partial charge on any atom is 0.371 e. The summed E-state index contributed by atoms with van der Waals surface area (Å²) in [6.07, 6.45) is 0.414. The van der Waals surface area contributed by atoms with Gasteiger partial charge in [0.15, 0.2) is 5.50 Å². The first-order valence-electron chi connectivity index (χ1n) is 4.02. The van der Waals surface area contributed by atoms with Gasteiger partial charge in [0.05, 0.1) is 11.7 Å². The molecule has 0 heterocycles. The minimum absolute atomic E-state index is 0.270. The van der Waals surface area contributed by atoms with Crippen LogP contribution in [0.5, 0.6) is 0 Å². The molecular formula is C7H14N4O3S. The summed E-state index contributed by atoms with van der Waals surface area (Å²) in [5.41, 5.74) is 9.62. The second-order valence-corrected chi connectivity index (χ2v) is 3.71. The van der Waals surface area contributed by atoms with E-state index in [-0.39, 0.29) is 5.04 Å². The van der Waals surface area contributed by atoms with Gasteiger partial charge < -0.3 is 21.3 Å². The van der Waals surface area contributed by atoms with E-state index in [9.17, 15) is 4.79 Å². The van der Waals surface area contributed by atoms with E-state index < -0.39 is 17.3 Å². The van der Waals surface area contributed by atoms with Crippen LogP contribution < -0.4 is 11.5 Å². The van der Waals surface area contributed by atoms with Crippen molar-refractivity contribution >= 4 is 28.6 Å². The molecule has 86 valence electrons. The van der Waals surface area contributed by atoms with Crippen molar-refractivity contribution in [3.63, 3.8) is 0 Å². The average molecular weight is 234 g/mol. The predicted molar refractivity (Wildman–Crippen MR) is 59.0 cm³/mol. The van der Waals surface area contributed by atoms with Crippen LogP contribution in [-0.2, 0) is 9.53 Å². The number of aliphatic carboxylic acids is 1. The molecule has 0 aliphatic heterocycles. The van der Waals surface area contributed by atoms with E-state index in [1.807, 2.05) is 0 Å². The van der Waals surface area contributed by atoms with E-state index in [1.165, 1.54) is 7.11 Å². The summed E-state index contributed by atoms with van der Waals surface area (Å²) in [5.74, 6) is -1.89. The van der Waals surface area contributed by atoms with E-state index in [4.69, 9.17) is 26.7 Å². The molecule has 15 heavy (non-hydrogen) atoms. The number of ether oxygens (including phenoxy) is 1. The largest absolute Gasteiger partial charge is 0.475 e. The highest BCUT2D eigenvalue weighted by Crippen LogP contribution is 2.11. The molecule has 0 radical (unpaired) electrons. The van der Waals surface area contributed by atoms with Crippen LogP contribution in [0.2, 0.25) is 0 Å². The number of nitrogens with one attached hydrogen (secondary N) is 1. The third kappa shape index (κ3) is 6.89. The molecular weight excluding hydrogens is 220 g/mol. The zero-order valence-electron chi connectivity index (χ0n) is 8.27. The number of carbonyl (C=O) groups is 1. The molecule has 0 rings (SSSR count). The third-order valence-electron chi connectivity index (χ3n) is 1.28. The second kappa shape index (κ2) is 7.21. The summed E-state index contributed by atoms with van der Waals surface area (Å²) < 4.78 is 4.76. The van der Waals surface area contributed by atoms with Crippen molar-refractivity contribution in [1.29, 1.82) is 5.41 Å². The fraction of sp³-hybridized carbons (Fsp3) is 0.571. The summed E-state index contributed by atoms with van der Waals surface area (Å²) in [4.78, 5) is 13.8. The molecule has 0 aliphatic rings. The first kappa shape index (κ1) is 13.9. The molecule has 0 spiro atoms. The molecule has 0 fully saturated rings. The third-order valence-corrected chi connectivity index (χ3v) is 2.12. The van der Waals surface area contributed by atoms with Gasteiger partial charge in [0, 0.05) is 13.5 Å². The number of nitrogens with zero attached hydrogens (tertiary/aromatic N) is 1. The number of thioether (sulfide) groups is 1. The van der Waals surface area contributed by atoms with Crippen molar-refractivity contribution in [2.75, 3.05) is 13.7 Å². The Bertz CT molecular complexity index is 269. The van der Waals surface area contributed by atoms with Gasteiger partial charge in [-0.15, -0.1) is 0 Å². The van der Waals surface area contributed by atoms with Gasteiger partial charge >= 0.3 is 5.97 Å². The van der Waals surface area contributed by atoms with Crippen molar-refractivity contribution in [1.82, 2.24) is 0 Å². The van der Waals surface area contributed by atoms with E-state index in [0.29, 0.717) is 13.0 Å². The van der Waals surface area contributed by atoms with Gasteiger partial charge in [-0.3, -0.25) is 5.41 Å². The normalized spacial score (nSPS) is 13.6. The Labute approximate surface area is 91.4 Å². The number of nitrogens with two attached hydrogens (primary N) is 2. The van der Waals surface area contributed by atoms with E-state index in [0.717, 1.165) is 11.8 Å². The van der Waals surface area contributed by atoms with Gasteiger partial charge in [-0.25, -0.2) is 9.79 Å². The van der Waals surface area contributed by atoms with Gasteiger partial charge in [-0.05, 0) is 0 Å². The molecule has 0 saturated heterocycles. The summed E-state index contributed by atoms with van der Waals surface area (Å²) in [5, 5.41) is 16.1. The minimum atomic E-state index is -1.32. The zero-order valence-corrected chi connectivity index (χ0v) is 9.08. The van der Waals surface area contributed by atoms with E-state index in [2.05, 4.69) is 4.99 Å². The Morgan fingerprint density at radius 3 is 2.80 bits per heavy atom. The van der Waals surface area contributed by atoms with Crippen molar-refractivity contribution in [2.24, 2.45) is 16.5 Å². The number of hydrogen-bond acceptors (Lipinski definition) is 6. The fourth-order valence-electron chi connectivity index (χ4n) is 0.618. The highest BCUT2D eigenvalue weighted by molar-refractivity contribution is 8.14. The number of methoxy groups -OCH3 is 1. The lowest BCUT2D eigenvalue weighted by Crippen LogP contribution is -2.28. The molecule has 1 unspecified atom stereocenters. The van der Waals surface area contributed by atoms with Crippen LogP contribution >= 0.6 is 11.8 Å². The number of rotatable bonds is 5. The second-order valence-electron chi connectivity index (χ2n) is 2.49. The SMILES string of the molecule is COCCC(=N)SC(N)/N=C(/N)C(=O)O. The molecule has 0 aromatic rings. The number of carboxylic acids is 1. The molecule has 0 aromatic carbocycles. The first-order valence-corrected chi connectivity index (χ1v) is 4.90. The van der Waals surface area contributed by atoms with Crippen LogP contribution in [0.1, 0.15) is 6.42 Å². The molecule has 0 saturated carbocycles. The van der Waals surface area contributed by atoms with Crippen molar-refractivity contribution < 1.29 is 14.6 Å². The molecule has 8 heteroatoms. The van der Waals surface area contributed by atoms with Gasteiger partial charge in [0.1, 0.15) is 0 Å². The van der Waals surface area contributed by atoms with Crippen LogP contribution in [0.15, 0.2) is 4.99 Å². The number of carboxylic acid groups (broad SMARTS) is 1. The molecule has 0 aromatic heterocycles. The lowest BCUT2D eigenvalue weighted by atomic mass is 10.5. The Morgan fingerprint density at radius 2 is 2.33 bits per heavy atom. The van der Waals surface area contributed by atoms with E-state index in [1.54, 1.807) is 0 Å². The molecule has 0 bridgehead atoms. The quantitative estimate of drug-likeness (QED) is 0.285. The van der Waals surface area contributed by atoms with Crippen molar-refractivity contribution in [3.05, 3.63) is 0 Å². The summed E-state index contributed by atoms with van der Waals surface area (Å²) in [6, 6.07) is 0. The standard InChI is InChI=1S/C7H14N4O3S/c1-14-3-2-4(8)15-7(10)11-5(9)6(12)13/h7-8H,2-3,10H2,1H3,(H2,9,11)(H,12,13). The lowest BCUT2D eigenvalue weighted by molar-refractivity contribution is -0.129. The highest BCUT2D eigenvalue weighted by atomic mass is 32.2. The topological polar surface area (TPSA) is 135 Å². The van der Waals surface area contributed by atoms with Crippen molar-refractivity contribution in [3.8, 4) is 0 Å². The smallest absolute Gasteiger partial charge is 0.371 e. The fourth-order valence-corrected chi connectivity index (χ4v) is 1.28. The minimum Gasteiger partial charge on any atom is -0.475 e. The first-order chi connectivity index (χ1) is 6.97. The Morgan fingerprint density at radius 1 is 1.73 bits per heavy atom. The van der Waals surface area contributed by atoms with Gasteiger partial charge in [-0.1, -0.05) is 11.8 Å². The average Bonchev–Trinajstić information content (AvgIpc) is 2.14. The molecule has 0 aliphatic carbocycles. The summed E-state index contributed by atoms with van der Waals surface area (Å²) in [7, 11) is 1.53. The highest BCUT2D eigenvalue weighted by Gasteiger charge is 2.09. The molecule has 1 atom stereocenters. The zero-order chi connectivity index (χ0) is 11.8. The van der Waals surface area contributed by atoms with Crippen LogP contribution in [0.3, 0.4) is 0 Å². The predicted octanol–water partition coefficient (Wildman–Crippen LogP) is -0.583. The van der Waals surface area contributed by atoms with Gasteiger partial charge in [-0.2, -0.15) is 0 Å². The van der Waals surface area contributed by atoms with Crippen LogP contribution in [0.4, 0.5) is 0 Å². The van der Waals surface area contributed by atoms with Gasteiger partial charge in [0.2, 0.25) is 5.84 Å². The monoisotopic (exact) mass is 234 g/mol. The van der Waals surface area contributed by atoms with Gasteiger partial charge in [0.25, 0.3) is 0 Å². The molecule has 0 amide bonds. The Hall–Kier alpha value is -1.12. The maximum atomic E-state index is 10.3. The summed E-state index contributed by atoms with van der Waals surface area (Å²) >= 11 is 0.936. The molecule has 7 nitrogen and oxygen atoms in total. The Kier molecular flexibility index (Phi) is 6.67. The van der Waals surface area contributed by atoms with Crippen molar-refractivity contribution in [2.45, 2.75) is 11.9 Å². The number of aliphatic imine (C=N–C) groups is 1.